The van der Waals surface area contributed by atoms with Crippen molar-refractivity contribution in [1.29, 1.82) is 0 Å². The Balaban J connectivity index is 1.17. The lowest BCUT2D eigenvalue weighted by molar-refractivity contribution is -0.946. The van der Waals surface area contributed by atoms with Gasteiger partial charge in [0.25, 0.3) is 0 Å². The lowest BCUT2D eigenvalue weighted by atomic mass is 9.83. The number of piperidine rings is 3. The normalized spacial score (nSPS) is 22.7. The summed E-state index contributed by atoms with van der Waals surface area (Å²) >= 11 is 0. The van der Waals surface area contributed by atoms with E-state index in [0.29, 0.717) is 30.4 Å². The molecule has 7 heteroatoms. The molecule has 5 nitrogen and oxygen atoms in total. The van der Waals surface area contributed by atoms with E-state index in [1.807, 2.05) is 24.3 Å². The zero-order chi connectivity index (χ0) is 25.0. The summed E-state index contributed by atoms with van der Waals surface area (Å²) in [6.07, 6.45) is 2.05. The van der Waals surface area contributed by atoms with Gasteiger partial charge in [-0.05, 0) is 60.0 Å². The fourth-order valence-corrected chi connectivity index (χ4v) is 5.45. The van der Waals surface area contributed by atoms with Crippen LogP contribution in [-0.2, 0) is 11.2 Å². The number of benzene rings is 3. The molecule has 3 heterocycles. The highest BCUT2D eigenvalue weighted by Crippen LogP contribution is 2.35. The Bertz CT molecular complexity index is 1180. The van der Waals surface area contributed by atoms with E-state index >= 15 is 0 Å². The van der Waals surface area contributed by atoms with Crippen LogP contribution in [0.5, 0.6) is 5.75 Å². The van der Waals surface area contributed by atoms with Crippen molar-refractivity contribution in [2.75, 3.05) is 38.1 Å². The van der Waals surface area contributed by atoms with Crippen molar-refractivity contribution in [1.82, 2.24) is 0 Å². The van der Waals surface area contributed by atoms with Crippen LogP contribution in [0.2, 0.25) is 0 Å². The van der Waals surface area contributed by atoms with Gasteiger partial charge < -0.3 is 14.0 Å². The highest BCUT2D eigenvalue weighted by atomic mass is 19.1. The molecule has 3 fully saturated rings. The Hall–Kier alpha value is -3.45. The smallest absolute Gasteiger partial charge is 0.412 e. The molecule has 188 valence electrons. The fraction of sp³-hybridized carbons (Fsp3) is 0.345. The molecule has 3 aliphatic rings. The number of hydrogen-bond acceptors (Lipinski definition) is 3. The van der Waals surface area contributed by atoms with Crippen LogP contribution in [0.25, 0.3) is 0 Å². The molecule has 1 amide bonds. The van der Waals surface area contributed by atoms with Gasteiger partial charge >= 0.3 is 6.09 Å². The molecule has 1 N–H and O–H groups in total. The summed E-state index contributed by atoms with van der Waals surface area (Å²) in [6, 6.07) is 20.1. The van der Waals surface area contributed by atoms with Crippen molar-refractivity contribution in [2.45, 2.75) is 25.4 Å². The molecule has 0 aliphatic carbocycles. The second-order valence-corrected chi connectivity index (χ2v) is 9.86. The third-order valence-electron chi connectivity index (χ3n) is 7.51. The maximum absolute atomic E-state index is 13.3. The third-order valence-corrected chi connectivity index (χ3v) is 7.51. The van der Waals surface area contributed by atoms with Crippen LogP contribution in [0, 0.1) is 17.6 Å². The van der Waals surface area contributed by atoms with Crippen LogP contribution < -0.4 is 10.1 Å². The van der Waals surface area contributed by atoms with Crippen LogP contribution in [0.1, 0.15) is 24.0 Å². The van der Waals surface area contributed by atoms with Crippen LogP contribution in [0.3, 0.4) is 0 Å². The first-order valence-electron chi connectivity index (χ1n) is 12.5. The van der Waals surface area contributed by atoms with Crippen LogP contribution >= 0.6 is 0 Å². The van der Waals surface area contributed by atoms with Gasteiger partial charge in [0.15, 0.2) is 6.10 Å². The minimum atomic E-state index is -0.444. The number of halogens is 2. The molecule has 3 aromatic rings. The summed E-state index contributed by atoms with van der Waals surface area (Å²) in [5.74, 6) is 0.489. The zero-order valence-electron chi connectivity index (χ0n) is 20.2. The molecule has 3 saturated heterocycles. The minimum absolute atomic E-state index is 0.136. The molecule has 0 aromatic heterocycles. The van der Waals surface area contributed by atoms with Gasteiger partial charge in [-0.1, -0.05) is 30.3 Å². The number of nitrogens with zero attached hydrogens (tertiary/aromatic N) is 1. The number of carbonyl (C=O) groups is 1. The van der Waals surface area contributed by atoms with E-state index in [1.54, 1.807) is 24.3 Å². The Labute approximate surface area is 210 Å². The fourth-order valence-electron chi connectivity index (χ4n) is 5.45. The highest BCUT2D eigenvalue weighted by molar-refractivity contribution is 5.85. The average molecular weight is 494 g/mol. The van der Waals surface area contributed by atoms with Crippen LogP contribution in [0.4, 0.5) is 19.3 Å². The van der Waals surface area contributed by atoms with Gasteiger partial charge in [0.05, 0.1) is 13.1 Å². The maximum atomic E-state index is 13.3. The van der Waals surface area contributed by atoms with E-state index in [1.165, 1.54) is 24.3 Å². The van der Waals surface area contributed by atoms with E-state index in [0.717, 1.165) is 54.6 Å². The van der Waals surface area contributed by atoms with Crippen LogP contribution in [-0.4, -0.2) is 49.5 Å². The lowest BCUT2D eigenvalue weighted by Crippen LogP contribution is -2.65. The number of carbonyl (C=O) groups excluding carboxylic acids is 1. The molecule has 0 spiro atoms. The number of nitrogens with one attached hydrogen (secondary N) is 1. The third kappa shape index (κ3) is 5.85. The van der Waals surface area contributed by atoms with Crippen molar-refractivity contribution < 1.29 is 27.5 Å². The number of ether oxygens (including phenoxy) is 2. The summed E-state index contributed by atoms with van der Waals surface area (Å²) < 4.78 is 39.1. The van der Waals surface area contributed by atoms with Crippen molar-refractivity contribution in [3.8, 4) is 5.75 Å². The number of quaternary nitrogens is 1. The van der Waals surface area contributed by atoms with Gasteiger partial charge in [-0.3, -0.25) is 5.32 Å². The number of rotatable bonds is 8. The van der Waals surface area contributed by atoms with E-state index in [2.05, 4.69) is 5.32 Å². The molecular weight excluding hydrogens is 462 g/mol. The van der Waals surface area contributed by atoms with Gasteiger partial charge in [0.1, 0.15) is 37.1 Å². The summed E-state index contributed by atoms with van der Waals surface area (Å²) in [7, 11) is 0. The number of hydrogen-bond donors (Lipinski definition) is 1. The first-order valence-corrected chi connectivity index (χ1v) is 12.5. The van der Waals surface area contributed by atoms with Crippen molar-refractivity contribution in [2.24, 2.45) is 5.92 Å². The topological polar surface area (TPSA) is 47.6 Å². The van der Waals surface area contributed by atoms with Gasteiger partial charge in [0.2, 0.25) is 0 Å². The Morgan fingerprint density at radius 1 is 0.917 bits per heavy atom. The molecule has 6 rings (SSSR count). The van der Waals surface area contributed by atoms with Crippen molar-refractivity contribution in [3.63, 3.8) is 0 Å². The standard InChI is InChI=1S/C29H30F2N2O3/c30-24-7-5-21(6-8-24)19-23-3-1-2-4-27(23)32-29(34)36-28-20-33(15-13-22(28)14-16-33)17-18-35-26-11-9-25(31)10-12-26/h1-12,22,28H,13-20H2/p+1. The molecule has 2 bridgehead atoms. The second-order valence-electron chi connectivity index (χ2n) is 9.86. The average Bonchev–Trinajstić information content (AvgIpc) is 2.88. The van der Waals surface area contributed by atoms with E-state index in [-0.39, 0.29) is 17.7 Å². The van der Waals surface area contributed by atoms with E-state index in [9.17, 15) is 13.6 Å². The molecule has 0 radical (unpaired) electrons. The molecule has 1 unspecified atom stereocenters. The maximum Gasteiger partial charge on any atom is 0.412 e. The summed E-state index contributed by atoms with van der Waals surface area (Å²) in [6.45, 7) is 4.25. The van der Waals surface area contributed by atoms with E-state index < -0.39 is 6.09 Å². The summed E-state index contributed by atoms with van der Waals surface area (Å²) in [4.78, 5) is 12.9. The Kier molecular flexibility index (Phi) is 7.18. The quantitative estimate of drug-likeness (QED) is 0.404. The molecule has 0 saturated carbocycles. The van der Waals surface area contributed by atoms with Gasteiger partial charge in [-0.25, -0.2) is 13.6 Å². The van der Waals surface area contributed by atoms with Gasteiger partial charge in [0, 0.05) is 24.4 Å². The summed E-state index contributed by atoms with van der Waals surface area (Å²) in [5, 5.41) is 2.93. The zero-order valence-corrected chi connectivity index (χ0v) is 20.2. The number of fused-ring (bicyclic) bond motifs is 3. The number of amides is 1. The van der Waals surface area contributed by atoms with E-state index in [4.69, 9.17) is 9.47 Å². The highest BCUT2D eigenvalue weighted by Gasteiger charge is 2.47. The molecule has 36 heavy (non-hydrogen) atoms. The first kappa shape index (κ1) is 24.3. The largest absolute Gasteiger partial charge is 0.488 e. The van der Waals surface area contributed by atoms with Gasteiger partial charge in [-0.15, -0.1) is 0 Å². The van der Waals surface area contributed by atoms with Crippen LogP contribution in [0.15, 0.2) is 72.8 Å². The predicted molar refractivity (Wildman–Crippen MR) is 134 cm³/mol. The summed E-state index contributed by atoms with van der Waals surface area (Å²) in [5.41, 5.74) is 2.60. The molecule has 1 atom stereocenters. The Morgan fingerprint density at radius 3 is 2.31 bits per heavy atom. The number of para-hydroxylation sites is 1. The first-order chi connectivity index (χ1) is 17.5. The lowest BCUT2D eigenvalue weighted by Gasteiger charge is -2.51. The number of anilines is 1. The molecular formula is C29H31F2N2O3+. The monoisotopic (exact) mass is 493 g/mol. The van der Waals surface area contributed by atoms with Crippen molar-refractivity contribution >= 4 is 11.8 Å². The predicted octanol–water partition coefficient (Wildman–Crippen LogP) is 5.79. The Morgan fingerprint density at radius 2 is 1.58 bits per heavy atom. The minimum Gasteiger partial charge on any atom is -0.488 e. The van der Waals surface area contributed by atoms with Crippen molar-refractivity contribution in [3.05, 3.63) is 95.6 Å². The SMILES string of the molecule is O=C(Nc1ccccc1Cc1ccc(F)cc1)OC1C[N+]2(CCOc3ccc(F)cc3)CCC1CC2. The molecule has 3 aromatic carbocycles. The molecule has 3 aliphatic heterocycles. The van der Waals surface area contributed by atoms with Gasteiger partial charge in [-0.2, -0.15) is 0 Å². The second kappa shape index (κ2) is 10.7.